The average molecular weight is 298 g/mol. The number of aromatic nitrogens is 2. The Morgan fingerprint density at radius 2 is 2.18 bits per heavy atom. The summed E-state index contributed by atoms with van der Waals surface area (Å²) in [4.78, 5) is 12.0. The maximum atomic E-state index is 12.0. The van der Waals surface area contributed by atoms with Crippen molar-refractivity contribution < 1.29 is 4.79 Å². The third-order valence-electron chi connectivity index (χ3n) is 4.01. The molecule has 3 rings (SSSR count). The summed E-state index contributed by atoms with van der Waals surface area (Å²) in [6.45, 7) is 3.09. The molecule has 1 unspecified atom stereocenters. The average Bonchev–Trinajstić information content (AvgIpc) is 3.19. The zero-order valence-electron chi connectivity index (χ0n) is 12.9. The highest BCUT2D eigenvalue weighted by Gasteiger charge is 2.22. The number of amides is 1. The number of rotatable bonds is 5. The van der Waals surface area contributed by atoms with Crippen LogP contribution in [0.3, 0.4) is 0 Å². The van der Waals surface area contributed by atoms with Crippen LogP contribution in [0.15, 0.2) is 30.3 Å². The highest BCUT2D eigenvalue weighted by molar-refractivity contribution is 5.94. The zero-order chi connectivity index (χ0) is 15.4. The number of hydrogen-bond acceptors (Lipinski definition) is 3. The molecule has 0 aliphatic carbocycles. The molecule has 0 spiro atoms. The first-order chi connectivity index (χ1) is 10.8. The van der Waals surface area contributed by atoms with E-state index < -0.39 is 0 Å². The number of carbonyl (C=O) groups excluding carboxylic acids is 1. The van der Waals surface area contributed by atoms with Gasteiger partial charge in [0.2, 0.25) is 5.91 Å². The lowest BCUT2D eigenvalue weighted by Crippen LogP contribution is -2.35. The summed E-state index contributed by atoms with van der Waals surface area (Å²) in [6.07, 6.45) is 4.18. The fraction of sp³-hybridized carbons (Fsp3) is 0.412. The first-order valence-electron chi connectivity index (χ1n) is 7.95. The van der Waals surface area contributed by atoms with Crippen LogP contribution in [0.4, 0.5) is 5.82 Å². The van der Waals surface area contributed by atoms with Gasteiger partial charge in [0.05, 0.1) is 11.7 Å². The minimum atomic E-state index is -0.0894. The second-order valence-electron chi connectivity index (χ2n) is 5.75. The van der Waals surface area contributed by atoms with Gasteiger partial charge in [0.25, 0.3) is 0 Å². The molecule has 1 saturated heterocycles. The van der Waals surface area contributed by atoms with E-state index in [9.17, 15) is 4.79 Å². The third kappa shape index (κ3) is 3.36. The number of nitrogens with one attached hydrogen (secondary N) is 3. The molecule has 1 aliphatic rings. The Hall–Kier alpha value is -2.14. The van der Waals surface area contributed by atoms with Gasteiger partial charge in [0, 0.05) is 6.07 Å². The van der Waals surface area contributed by atoms with Gasteiger partial charge in [-0.15, -0.1) is 0 Å². The normalized spacial score (nSPS) is 17.6. The van der Waals surface area contributed by atoms with Gasteiger partial charge >= 0.3 is 0 Å². The van der Waals surface area contributed by atoms with E-state index in [0.29, 0.717) is 5.82 Å². The molecular formula is C17H22N4O. The number of anilines is 1. The first-order valence-corrected chi connectivity index (χ1v) is 7.95. The Morgan fingerprint density at radius 3 is 2.86 bits per heavy atom. The molecule has 0 radical (unpaired) electrons. The van der Waals surface area contributed by atoms with Crippen LogP contribution in [0.25, 0.3) is 11.3 Å². The zero-order valence-corrected chi connectivity index (χ0v) is 12.9. The lowest BCUT2D eigenvalue weighted by Gasteiger charge is -2.08. The standard InChI is InChI=1S/C17H22N4O/c1-2-4-12-6-8-13(9-7-12)15-11-16(21-20-15)19-17(22)14-5-3-10-18-14/h6-9,11,14,18H,2-5,10H2,1H3,(H2,19,20,21,22). The van der Waals surface area contributed by atoms with Crippen LogP contribution >= 0.6 is 0 Å². The molecule has 1 atom stereocenters. The van der Waals surface area contributed by atoms with E-state index in [1.807, 2.05) is 6.07 Å². The largest absolute Gasteiger partial charge is 0.308 e. The molecule has 1 aliphatic heterocycles. The van der Waals surface area contributed by atoms with E-state index in [4.69, 9.17) is 0 Å². The number of aryl methyl sites for hydroxylation is 1. The number of carbonyl (C=O) groups is 1. The smallest absolute Gasteiger partial charge is 0.242 e. The van der Waals surface area contributed by atoms with E-state index in [1.165, 1.54) is 5.56 Å². The summed E-state index contributed by atoms with van der Waals surface area (Å²) in [5, 5.41) is 13.2. The Kier molecular flexibility index (Phi) is 4.53. The number of benzene rings is 1. The summed E-state index contributed by atoms with van der Waals surface area (Å²) >= 11 is 0. The number of hydrogen-bond donors (Lipinski definition) is 3. The van der Waals surface area contributed by atoms with E-state index in [-0.39, 0.29) is 11.9 Å². The Bertz CT molecular complexity index is 626. The summed E-state index contributed by atoms with van der Waals surface area (Å²) in [7, 11) is 0. The van der Waals surface area contributed by atoms with Gasteiger partial charge in [0.1, 0.15) is 0 Å². The van der Waals surface area contributed by atoms with Crippen molar-refractivity contribution in [1.82, 2.24) is 15.5 Å². The van der Waals surface area contributed by atoms with E-state index in [1.54, 1.807) is 0 Å². The molecular weight excluding hydrogens is 276 g/mol. The maximum Gasteiger partial charge on any atom is 0.242 e. The fourth-order valence-corrected chi connectivity index (χ4v) is 2.79. The Labute approximate surface area is 130 Å². The van der Waals surface area contributed by atoms with E-state index >= 15 is 0 Å². The van der Waals surface area contributed by atoms with Crippen LogP contribution < -0.4 is 10.6 Å². The number of nitrogens with zero attached hydrogens (tertiary/aromatic N) is 1. The van der Waals surface area contributed by atoms with Crippen molar-refractivity contribution >= 4 is 11.7 Å². The Morgan fingerprint density at radius 1 is 1.36 bits per heavy atom. The van der Waals surface area contributed by atoms with E-state index in [2.05, 4.69) is 52.0 Å². The van der Waals surface area contributed by atoms with Crippen LogP contribution in [0, 0.1) is 0 Å². The molecule has 5 nitrogen and oxygen atoms in total. The summed E-state index contributed by atoms with van der Waals surface area (Å²) in [5.41, 5.74) is 3.33. The van der Waals surface area contributed by atoms with Gasteiger partial charge in [0.15, 0.2) is 5.82 Å². The Balaban J connectivity index is 1.66. The molecule has 1 aromatic carbocycles. The highest BCUT2D eigenvalue weighted by atomic mass is 16.2. The van der Waals surface area contributed by atoms with Crippen molar-refractivity contribution in [3.05, 3.63) is 35.9 Å². The second kappa shape index (κ2) is 6.75. The molecule has 1 aromatic heterocycles. The highest BCUT2D eigenvalue weighted by Crippen LogP contribution is 2.21. The van der Waals surface area contributed by atoms with Gasteiger partial charge < -0.3 is 10.6 Å². The molecule has 0 bridgehead atoms. The molecule has 1 amide bonds. The maximum absolute atomic E-state index is 12.0. The summed E-state index contributed by atoms with van der Waals surface area (Å²) < 4.78 is 0. The van der Waals surface area contributed by atoms with Crippen molar-refractivity contribution in [3.8, 4) is 11.3 Å². The summed E-state index contributed by atoms with van der Waals surface area (Å²) in [5.74, 6) is 0.570. The topological polar surface area (TPSA) is 69.8 Å². The van der Waals surface area contributed by atoms with Gasteiger partial charge in [-0.05, 0) is 36.9 Å². The van der Waals surface area contributed by atoms with Crippen molar-refractivity contribution in [1.29, 1.82) is 0 Å². The molecule has 3 N–H and O–H groups in total. The molecule has 2 aromatic rings. The SMILES string of the molecule is CCCc1ccc(-c2cc(NC(=O)C3CCCN3)n[nH]2)cc1. The molecule has 0 saturated carbocycles. The van der Waals surface area contributed by atoms with Crippen molar-refractivity contribution in [2.45, 2.75) is 38.6 Å². The number of aromatic amines is 1. The van der Waals surface area contributed by atoms with Crippen LogP contribution in [0.5, 0.6) is 0 Å². The molecule has 2 heterocycles. The van der Waals surface area contributed by atoms with E-state index in [0.717, 1.165) is 43.5 Å². The third-order valence-corrected chi connectivity index (χ3v) is 4.01. The van der Waals surface area contributed by atoms with Gasteiger partial charge in [-0.25, -0.2) is 0 Å². The van der Waals surface area contributed by atoms with Gasteiger partial charge in [-0.1, -0.05) is 37.6 Å². The predicted octanol–water partition coefficient (Wildman–Crippen LogP) is 2.72. The van der Waals surface area contributed by atoms with Gasteiger partial charge in [-0.2, -0.15) is 5.10 Å². The quantitative estimate of drug-likeness (QED) is 0.795. The van der Waals surface area contributed by atoms with Crippen LogP contribution in [-0.2, 0) is 11.2 Å². The predicted molar refractivity (Wildman–Crippen MR) is 87.7 cm³/mol. The van der Waals surface area contributed by atoms with Crippen LogP contribution in [-0.4, -0.2) is 28.7 Å². The summed E-state index contributed by atoms with van der Waals surface area (Å²) in [6, 6.07) is 10.2. The van der Waals surface area contributed by atoms with Crippen molar-refractivity contribution in [3.63, 3.8) is 0 Å². The lowest BCUT2D eigenvalue weighted by atomic mass is 10.1. The van der Waals surface area contributed by atoms with Crippen molar-refractivity contribution in [2.24, 2.45) is 0 Å². The van der Waals surface area contributed by atoms with Crippen LogP contribution in [0.2, 0.25) is 0 Å². The number of H-pyrrole nitrogens is 1. The molecule has 1 fully saturated rings. The van der Waals surface area contributed by atoms with Crippen molar-refractivity contribution in [2.75, 3.05) is 11.9 Å². The van der Waals surface area contributed by atoms with Gasteiger partial charge in [-0.3, -0.25) is 9.89 Å². The molecule has 22 heavy (non-hydrogen) atoms. The second-order valence-corrected chi connectivity index (χ2v) is 5.75. The van der Waals surface area contributed by atoms with Crippen LogP contribution in [0.1, 0.15) is 31.7 Å². The first kappa shape index (κ1) is 14.8. The lowest BCUT2D eigenvalue weighted by molar-refractivity contribution is -0.117. The molecule has 116 valence electrons. The minimum Gasteiger partial charge on any atom is -0.308 e. The minimum absolute atomic E-state index is 0.00570. The fourth-order valence-electron chi connectivity index (χ4n) is 2.79. The monoisotopic (exact) mass is 298 g/mol. The molecule has 5 heteroatoms.